The second-order valence-corrected chi connectivity index (χ2v) is 10.3. The van der Waals surface area contributed by atoms with Gasteiger partial charge in [-0.2, -0.15) is 0 Å². The third-order valence-electron chi connectivity index (χ3n) is 7.61. The molecule has 1 aromatic carbocycles. The van der Waals surface area contributed by atoms with Crippen LogP contribution in [0.1, 0.15) is 50.7 Å². The molecule has 7 nitrogen and oxygen atoms in total. The zero-order chi connectivity index (χ0) is 21.8. The van der Waals surface area contributed by atoms with Crippen molar-refractivity contribution < 1.29 is 19.5 Å². The molecule has 0 aromatic heterocycles. The summed E-state index contributed by atoms with van der Waals surface area (Å²) in [5, 5.41) is 12.5. The molecule has 3 heterocycles. The molecule has 2 fully saturated rings. The predicted molar refractivity (Wildman–Crippen MR) is 116 cm³/mol. The first kappa shape index (κ1) is 20.5. The number of carbonyl (C=O) groups is 2. The average Bonchev–Trinajstić information content (AvgIpc) is 3.47. The van der Waals surface area contributed by atoms with Crippen molar-refractivity contribution in [3.05, 3.63) is 35.4 Å². The van der Waals surface area contributed by atoms with Gasteiger partial charge in [0.1, 0.15) is 5.75 Å². The Kier molecular flexibility index (Phi) is 4.86. The van der Waals surface area contributed by atoms with Crippen LogP contribution >= 0.6 is 0 Å². The van der Waals surface area contributed by atoms with Gasteiger partial charge in [0.2, 0.25) is 11.8 Å². The normalized spacial score (nSPS) is 27.8. The molecule has 3 N–H and O–H groups in total. The van der Waals surface area contributed by atoms with Crippen LogP contribution in [0, 0.1) is 11.3 Å². The van der Waals surface area contributed by atoms with Gasteiger partial charge in [0.05, 0.1) is 18.6 Å². The summed E-state index contributed by atoms with van der Waals surface area (Å²) in [4.78, 5) is 27.3. The van der Waals surface area contributed by atoms with Crippen LogP contribution in [-0.4, -0.2) is 54.2 Å². The standard InChI is InChI=1S/C24H31N3O4/c1-23(2)14-31-19-4-3-16(11-18(19)23)15-5-9-27(10-6-15)22(29)20-17(21(28)26-30)12-24(7-8-24)13-25-20/h3-5,11,17,20,25,30H,6-10,12-14H2,1-2H3,(H,26,28). The lowest BCUT2D eigenvalue weighted by Crippen LogP contribution is -2.59. The zero-order valence-corrected chi connectivity index (χ0v) is 18.2. The first-order valence-electron chi connectivity index (χ1n) is 11.2. The van der Waals surface area contributed by atoms with Gasteiger partial charge < -0.3 is 15.0 Å². The van der Waals surface area contributed by atoms with E-state index in [0.717, 1.165) is 31.6 Å². The van der Waals surface area contributed by atoms with Crippen molar-refractivity contribution in [1.82, 2.24) is 15.7 Å². The molecule has 1 aromatic rings. The van der Waals surface area contributed by atoms with Gasteiger partial charge in [-0.15, -0.1) is 0 Å². The van der Waals surface area contributed by atoms with Crippen LogP contribution in [0.3, 0.4) is 0 Å². The Hall–Kier alpha value is -2.38. The molecule has 3 aliphatic heterocycles. The van der Waals surface area contributed by atoms with Gasteiger partial charge in [-0.3, -0.25) is 14.8 Å². The number of carbonyl (C=O) groups excluding carboxylic acids is 2. The third-order valence-corrected chi connectivity index (χ3v) is 7.61. The van der Waals surface area contributed by atoms with Gasteiger partial charge in [0, 0.05) is 30.6 Å². The molecule has 2 atom stereocenters. The second kappa shape index (κ2) is 7.35. The average molecular weight is 426 g/mol. The molecule has 1 spiro atoms. The van der Waals surface area contributed by atoms with Crippen molar-refractivity contribution in [2.75, 3.05) is 26.2 Å². The monoisotopic (exact) mass is 425 g/mol. The first-order chi connectivity index (χ1) is 14.8. The van der Waals surface area contributed by atoms with Crippen LogP contribution in [-0.2, 0) is 15.0 Å². The minimum absolute atomic E-state index is 0.0104. The van der Waals surface area contributed by atoms with Gasteiger partial charge in [0.15, 0.2) is 0 Å². The van der Waals surface area contributed by atoms with E-state index in [4.69, 9.17) is 4.74 Å². The van der Waals surface area contributed by atoms with Gasteiger partial charge >= 0.3 is 0 Å². The lowest BCUT2D eigenvalue weighted by molar-refractivity contribution is -0.144. The fourth-order valence-corrected chi connectivity index (χ4v) is 5.32. The highest BCUT2D eigenvalue weighted by Crippen LogP contribution is 2.52. The Balaban J connectivity index is 1.29. The number of rotatable bonds is 3. The Morgan fingerprint density at radius 3 is 2.77 bits per heavy atom. The maximum absolute atomic E-state index is 13.3. The van der Waals surface area contributed by atoms with Gasteiger partial charge in [-0.05, 0) is 54.4 Å². The van der Waals surface area contributed by atoms with Crippen LogP contribution < -0.4 is 15.5 Å². The number of piperidine rings is 1. The van der Waals surface area contributed by atoms with E-state index < -0.39 is 17.9 Å². The molecule has 7 heteroatoms. The third kappa shape index (κ3) is 3.64. The van der Waals surface area contributed by atoms with Gasteiger partial charge in [0.25, 0.3) is 0 Å². The molecule has 2 unspecified atom stereocenters. The van der Waals surface area contributed by atoms with Crippen molar-refractivity contribution in [2.24, 2.45) is 11.3 Å². The fourth-order valence-electron chi connectivity index (χ4n) is 5.32. The van der Waals surface area contributed by atoms with Crippen molar-refractivity contribution in [3.63, 3.8) is 0 Å². The Labute approximate surface area is 182 Å². The quantitative estimate of drug-likeness (QED) is 0.510. The molecule has 31 heavy (non-hydrogen) atoms. The maximum Gasteiger partial charge on any atom is 0.248 e. The lowest BCUT2D eigenvalue weighted by atomic mass is 9.81. The van der Waals surface area contributed by atoms with Crippen molar-refractivity contribution in [3.8, 4) is 5.75 Å². The predicted octanol–water partition coefficient (Wildman–Crippen LogP) is 2.24. The van der Waals surface area contributed by atoms with Crippen molar-refractivity contribution in [2.45, 2.75) is 51.0 Å². The van der Waals surface area contributed by atoms with E-state index in [-0.39, 0.29) is 16.7 Å². The number of nitrogens with one attached hydrogen (secondary N) is 2. The van der Waals surface area contributed by atoms with Crippen LogP contribution in [0.15, 0.2) is 24.3 Å². The van der Waals surface area contributed by atoms with E-state index in [0.29, 0.717) is 26.1 Å². The number of hydrogen-bond acceptors (Lipinski definition) is 5. The molecular formula is C24H31N3O4. The van der Waals surface area contributed by atoms with E-state index in [9.17, 15) is 14.8 Å². The SMILES string of the molecule is CC1(C)COc2ccc(C3=CCN(C(=O)C4NCC5(CC5)CC4C(=O)NO)CC3)cc21. The highest BCUT2D eigenvalue weighted by atomic mass is 16.5. The van der Waals surface area contributed by atoms with E-state index in [1.54, 1.807) is 5.48 Å². The van der Waals surface area contributed by atoms with Gasteiger partial charge in [-0.25, -0.2) is 5.48 Å². The molecule has 1 saturated carbocycles. The topological polar surface area (TPSA) is 90.9 Å². The molecule has 2 amide bonds. The minimum atomic E-state index is -0.578. The number of benzene rings is 1. The highest BCUT2D eigenvalue weighted by molar-refractivity contribution is 5.90. The fraction of sp³-hybridized carbons (Fsp3) is 0.583. The molecule has 166 valence electrons. The Bertz CT molecular complexity index is 950. The molecule has 0 radical (unpaired) electrons. The molecule has 0 bridgehead atoms. The summed E-state index contributed by atoms with van der Waals surface area (Å²) in [7, 11) is 0. The first-order valence-corrected chi connectivity index (χ1v) is 11.2. The molecule has 1 aliphatic carbocycles. The van der Waals surface area contributed by atoms with Crippen LogP contribution in [0.4, 0.5) is 0 Å². The lowest BCUT2D eigenvalue weighted by Gasteiger charge is -2.38. The van der Waals surface area contributed by atoms with Crippen molar-refractivity contribution >= 4 is 17.4 Å². The number of nitrogens with zero attached hydrogens (tertiary/aromatic N) is 1. The van der Waals surface area contributed by atoms with E-state index >= 15 is 0 Å². The summed E-state index contributed by atoms with van der Waals surface area (Å²) in [6, 6.07) is 5.80. The minimum Gasteiger partial charge on any atom is -0.492 e. The van der Waals surface area contributed by atoms with E-state index in [2.05, 4.69) is 43.4 Å². The number of hydrogen-bond donors (Lipinski definition) is 3. The van der Waals surface area contributed by atoms with Crippen LogP contribution in [0.5, 0.6) is 5.75 Å². The van der Waals surface area contributed by atoms with Crippen molar-refractivity contribution in [1.29, 1.82) is 0 Å². The zero-order valence-electron chi connectivity index (χ0n) is 18.2. The summed E-state index contributed by atoms with van der Waals surface area (Å²) >= 11 is 0. The number of fused-ring (bicyclic) bond motifs is 1. The summed E-state index contributed by atoms with van der Waals surface area (Å²) in [5.41, 5.74) is 5.59. The molecular weight excluding hydrogens is 394 g/mol. The molecule has 5 rings (SSSR count). The van der Waals surface area contributed by atoms with Crippen LogP contribution in [0.2, 0.25) is 0 Å². The highest BCUT2D eigenvalue weighted by Gasteiger charge is 2.52. The summed E-state index contributed by atoms with van der Waals surface area (Å²) in [5.74, 6) is -0.0824. The summed E-state index contributed by atoms with van der Waals surface area (Å²) < 4.78 is 5.80. The summed E-state index contributed by atoms with van der Waals surface area (Å²) in [6.45, 7) is 7.01. The maximum atomic E-state index is 13.3. The number of amides is 2. The molecule has 1 saturated heterocycles. The summed E-state index contributed by atoms with van der Waals surface area (Å²) in [6.07, 6.45) is 5.71. The van der Waals surface area contributed by atoms with Crippen LogP contribution in [0.25, 0.3) is 5.57 Å². The molecule has 4 aliphatic rings. The van der Waals surface area contributed by atoms with Gasteiger partial charge in [-0.1, -0.05) is 26.0 Å². The number of hydroxylamine groups is 1. The van der Waals surface area contributed by atoms with E-state index in [1.165, 1.54) is 16.7 Å². The van der Waals surface area contributed by atoms with E-state index in [1.807, 2.05) is 4.90 Å². The Morgan fingerprint density at radius 1 is 1.29 bits per heavy atom. The largest absolute Gasteiger partial charge is 0.492 e. The smallest absolute Gasteiger partial charge is 0.248 e. The Morgan fingerprint density at radius 2 is 2.10 bits per heavy atom. The number of ether oxygens (including phenoxy) is 1. The second-order valence-electron chi connectivity index (χ2n) is 10.3.